The molecule has 0 aliphatic heterocycles. The SMILES string of the molecule is CCC1CCCC1NC(C)c1nnc2ccccn12. The summed E-state index contributed by atoms with van der Waals surface area (Å²) in [5.74, 6) is 1.83. The Morgan fingerprint density at radius 1 is 1.37 bits per heavy atom. The Kier molecular flexibility index (Phi) is 3.51. The van der Waals surface area contributed by atoms with Crippen molar-refractivity contribution in [2.75, 3.05) is 0 Å². The van der Waals surface area contributed by atoms with Gasteiger partial charge in [-0.2, -0.15) is 0 Å². The lowest BCUT2D eigenvalue weighted by molar-refractivity contribution is 0.353. The molecule has 3 rings (SSSR count). The van der Waals surface area contributed by atoms with Gasteiger partial charge in [0.05, 0.1) is 6.04 Å². The minimum absolute atomic E-state index is 0.245. The molecule has 19 heavy (non-hydrogen) atoms. The van der Waals surface area contributed by atoms with Crippen LogP contribution in [0.25, 0.3) is 5.65 Å². The highest BCUT2D eigenvalue weighted by Gasteiger charge is 2.27. The van der Waals surface area contributed by atoms with Crippen molar-refractivity contribution in [3.63, 3.8) is 0 Å². The maximum Gasteiger partial charge on any atom is 0.160 e. The zero-order valence-electron chi connectivity index (χ0n) is 11.7. The average molecular weight is 258 g/mol. The first-order valence-corrected chi connectivity index (χ1v) is 7.35. The topological polar surface area (TPSA) is 42.2 Å². The van der Waals surface area contributed by atoms with Crippen molar-refractivity contribution >= 4 is 5.65 Å². The number of nitrogens with zero attached hydrogens (tertiary/aromatic N) is 3. The van der Waals surface area contributed by atoms with E-state index in [9.17, 15) is 0 Å². The molecule has 2 aromatic rings. The number of aromatic nitrogens is 3. The molecule has 2 heterocycles. The predicted octanol–water partition coefficient (Wildman–Crippen LogP) is 2.96. The molecule has 0 bridgehead atoms. The van der Waals surface area contributed by atoms with Crippen LogP contribution in [0.2, 0.25) is 0 Å². The van der Waals surface area contributed by atoms with Gasteiger partial charge >= 0.3 is 0 Å². The Morgan fingerprint density at radius 2 is 2.26 bits per heavy atom. The molecule has 4 nitrogen and oxygen atoms in total. The molecule has 4 heteroatoms. The van der Waals surface area contributed by atoms with Crippen LogP contribution in [0, 0.1) is 5.92 Å². The number of fused-ring (bicyclic) bond motifs is 1. The van der Waals surface area contributed by atoms with Crippen LogP contribution in [0.5, 0.6) is 0 Å². The molecule has 1 aliphatic carbocycles. The molecule has 0 aromatic carbocycles. The van der Waals surface area contributed by atoms with Gasteiger partial charge in [0, 0.05) is 12.2 Å². The smallest absolute Gasteiger partial charge is 0.160 e. The maximum atomic E-state index is 4.34. The van der Waals surface area contributed by atoms with Gasteiger partial charge in [-0.1, -0.05) is 25.8 Å². The van der Waals surface area contributed by atoms with Gasteiger partial charge in [0.25, 0.3) is 0 Å². The summed E-state index contributed by atoms with van der Waals surface area (Å²) in [4.78, 5) is 0. The van der Waals surface area contributed by atoms with E-state index >= 15 is 0 Å². The van der Waals surface area contributed by atoms with Crippen LogP contribution in [-0.4, -0.2) is 20.6 Å². The zero-order valence-corrected chi connectivity index (χ0v) is 11.7. The Morgan fingerprint density at radius 3 is 3.11 bits per heavy atom. The standard InChI is InChI=1S/C15H22N4/c1-3-12-7-6-8-13(12)16-11(2)15-18-17-14-9-4-5-10-19(14)15/h4-5,9-13,16H,3,6-8H2,1-2H3. The highest BCUT2D eigenvalue weighted by Crippen LogP contribution is 2.29. The lowest BCUT2D eigenvalue weighted by Crippen LogP contribution is -2.35. The third-order valence-electron chi connectivity index (χ3n) is 4.37. The highest BCUT2D eigenvalue weighted by atomic mass is 15.3. The summed E-state index contributed by atoms with van der Waals surface area (Å²) in [7, 11) is 0. The molecule has 0 spiro atoms. The molecular formula is C15H22N4. The molecule has 3 unspecified atom stereocenters. The van der Waals surface area contributed by atoms with E-state index < -0.39 is 0 Å². The fourth-order valence-corrected chi connectivity index (χ4v) is 3.30. The Hall–Kier alpha value is -1.42. The van der Waals surface area contributed by atoms with Crippen LogP contribution < -0.4 is 5.32 Å². The van der Waals surface area contributed by atoms with Gasteiger partial charge in [-0.25, -0.2) is 0 Å². The molecule has 1 saturated carbocycles. The summed E-state index contributed by atoms with van der Waals surface area (Å²) in [5.41, 5.74) is 0.921. The van der Waals surface area contributed by atoms with Gasteiger partial charge in [-0.15, -0.1) is 10.2 Å². The van der Waals surface area contributed by atoms with Gasteiger partial charge in [-0.3, -0.25) is 4.40 Å². The summed E-state index contributed by atoms with van der Waals surface area (Å²) in [6, 6.07) is 6.89. The average Bonchev–Trinajstić information content (AvgIpc) is 3.04. The minimum Gasteiger partial charge on any atom is -0.304 e. The van der Waals surface area contributed by atoms with E-state index in [0.717, 1.165) is 17.4 Å². The van der Waals surface area contributed by atoms with Crippen molar-refractivity contribution in [1.82, 2.24) is 19.9 Å². The molecule has 0 radical (unpaired) electrons. The molecular weight excluding hydrogens is 236 g/mol. The summed E-state index contributed by atoms with van der Waals surface area (Å²) in [6.07, 6.45) is 7.31. The fraction of sp³-hybridized carbons (Fsp3) is 0.600. The fourth-order valence-electron chi connectivity index (χ4n) is 3.30. The van der Waals surface area contributed by atoms with Crippen LogP contribution in [0.15, 0.2) is 24.4 Å². The lowest BCUT2D eigenvalue weighted by atomic mass is 10.00. The molecule has 102 valence electrons. The third kappa shape index (κ3) is 2.37. The van der Waals surface area contributed by atoms with E-state index in [4.69, 9.17) is 0 Å². The minimum atomic E-state index is 0.245. The van der Waals surface area contributed by atoms with Crippen molar-refractivity contribution in [3.05, 3.63) is 30.2 Å². The van der Waals surface area contributed by atoms with Gasteiger partial charge in [0.1, 0.15) is 0 Å². The van der Waals surface area contributed by atoms with Gasteiger partial charge in [0.15, 0.2) is 11.5 Å². The van der Waals surface area contributed by atoms with E-state index in [1.54, 1.807) is 0 Å². The first kappa shape index (κ1) is 12.6. The normalized spacial score (nSPS) is 24.9. The maximum absolute atomic E-state index is 4.34. The predicted molar refractivity (Wildman–Crippen MR) is 76.0 cm³/mol. The van der Waals surface area contributed by atoms with E-state index in [1.165, 1.54) is 25.7 Å². The first-order valence-electron chi connectivity index (χ1n) is 7.35. The summed E-state index contributed by atoms with van der Waals surface area (Å²) in [6.45, 7) is 4.48. The molecule has 0 saturated heterocycles. The van der Waals surface area contributed by atoms with E-state index in [-0.39, 0.29) is 6.04 Å². The molecule has 0 amide bonds. The van der Waals surface area contributed by atoms with Gasteiger partial charge in [-0.05, 0) is 37.8 Å². The van der Waals surface area contributed by atoms with Crippen molar-refractivity contribution in [3.8, 4) is 0 Å². The van der Waals surface area contributed by atoms with Crippen molar-refractivity contribution in [2.45, 2.75) is 51.6 Å². The quantitative estimate of drug-likeness (QED) is 0.916. The third-order valence-corrected chi connectivity index (χ3v) is 4.37. The molecule has 1 aliphatic rings. The van der Waals surface area contributed by atoms with Crippen LogP contribution in [0.4, 0.5) is 0 Å². The van der Waals surface area contributed by atoms with Gasteiger partial charge < -0.3 is 5.32 Å². The highest BCUT2D eigenvalue weighted by molar-refractivity contribution is 5.37. The molecule has 1 N–H and O–H groups in total. The zero-order chi connectivity index (χ0) is 13.2. The lowest BCUT2D eigenvalue weighted by Gasteiger charge is -2.23. The van der Waals surface area contributed by atoms with E-state index in [2.05, 4.69) is 33.8 Å². The Balaban J connectivity index is 1.78. The van der Waals surface area contributed by atoms with Gasteiger partial charge in [0.2, 0.25) is 0 Å². The van der Waals surface area contributed by atoms with Crippen molar-refractivity contribution in [2.24, 2.45) is 5.92 Å². The second kappa shape index (κ2) is 5.29. The van der Waals surface area contributed by atoms with Crippen molar-refractivity contribution < 1.29 is 0 Å². The van der Waals surface area contributed by atoms with E-state index in [1.807, 2.05) is 24.4 Å². The summed E-state index contributed by atoms with van der Waals surface area (Å²) >= 11 is 0. The molecule has 3 atom stereocenters. The van der Waals surface area contributed by atoms with Crippen molar-refractivity contribution in [1.29, 1.82) is 0 Å². The summed E-state index contributed by atoms with van der Waals surface area (Å²) in [5, 5.41) is 12.3. The molecule has 1 fully saturated rings. The monoisotopic (exact) mass is 258 g/mol. The molecule has 2 aromatic heterocycles. The van der Waals surface area contributed by atoms with Crippen LogP contribution in [0.3, 0.4) is 0 Å². The first-order chi connectivity index (χ1) is 9.29. The van der Waals surface area contributed by atoms with Crippen LogP contribution >= 0.6 is 0 Å². The number of hydrogen-bond donors (Lipinski definition) is 1. The number of nitrogens with one attached hydrogen (secondary N) is 1. The number of rotatable bonds is 4. The Bertz CT molecular complexity index is 548. The Labute approximate surface area is 114 Å². The van der Waals surface area contributed by atoms with Crippen LogP contribution in [0.1, 0.15) is 51.4 Å². The number of pyridine rings is 1. The second-order valence-electron chi connectivity index (χ2n) is 5.58. The van der Waals surface area contributed by atoms with Crippen LogP contribution in [-0.2, 0) is 0 Å². The summed E-state index contributed by atoms with van der Waals surface area (Å²) < 4.78 is 2.08. The number of hydrogen-bond acceptors (Lipinski definition) is 3. The van der Waals surface area contributed by atoms with E-state index in [0.29, 0.717) is 6.04 Å². The second-order valence-corrected chi connectivity index (χ2v) is 5.58. The largest absolute Gasteiger partial charge is 0.304 e.